The molecule has 0 aliphatic carbocycles. The van der Waals surface area contributed by atoms with Gasteiger partial charge in [0.15, 0.2) is 0 Å². The van der Waals surface area contributed by atoms with Crippen molar-refractivity contribution in [3.8, 4) is 0 Å². The molecule has 0 amide bonds. The van der Waals surface area contributed by atoms with E-state index in [2.05, 4.69) is 0 Å². The maximum atomic E-state index is 11.2. The van der Waals surface area contributed by atoms with Crippen molar-refractivity contribution in [1.29, 1.82) is 0 Å². The van der Waals surface area contributed by atoms with Crippen LogP contribution in [0.4, 0.5) is 0 Å². The Hall–Kier alpha value is -2.36. The molecule has 2 aromatic rings. The van der Waals surface area contributed by atoms with Gasteiger partial charge in [0.25, 0.3) is 0 Å². The number of rotatable bonds is 2. The summed E-state index contributed by atoms with van der Waals surface area (Å²) in [5.74, 6) is -2.46. The quantitative estimate of drug-likeness (QED) is 0.831. The van der Waals surface area contributed by atoms with E-state index in [1.54, 1.807) is 18.2 Å². The highest BCUT2D eigenvalue weighted by molar-refractivity contribution is 6.11. The van der Waals surface area contributed by atoms with Gasteiger partial charge in [-0.25, -0.2) is 9.59 Å². The molecule has 4 heteroatoms. The molecular formula is C13H10O4. The Bertz CT molecular complexity index is 629. The fraction of sp³-hybridized carbons (Fsp3) is 0.0769. The monoisotopic (exact) mass is 230 g/mol. The van der Waals surface area contributed by atoms with Gasteiger partial charge in [-0.2, -0.15) is 0 Å². The summed E-state index contributed by atoms with van der Waals surface area (Å²) in [6, 6.07) is 8.18. The van der Waals surface area contributed by atoms with Gasteiger partial charge in [0.05, 0.1) is 11.1 Å². The standard InChI is InChI=1S/C13H10O4/c1-7-2-4-9-8(6-7)3-5-10(12(14)15)11(9)13(16)17/h2-6H,1H3,(H,14,15)(H,16,17). The average Bonchev–Trinajstić information content (AvgIpc) is 2.26. The van der Waals surface area contributed by atoms with Crippen molar-refractivity contribution in [3.63, 3.8) is 0 Å². The van der Waals surface area contributed by atoms with Gasteiger partial charge in [0.2, 0.25) is 0 Å². The molecule has 0 radical (unpaired) electrons. The van der Waals surface area contributed by atoms with Crippen LogP contribution in [0.2, 0.25) is 0 Å². The highest BCUT2D eigenvalue weighted by Gasteiger charge is 2.18. The van der Waals surface area contributed by atoms with Gasteiger partial charge in [-0.3, -0.25) is 0 Å². The summed E-state index contributed by atoms with van der Waals surface area (Å²) in [5, 5.41) is 19.3. The predicted molar refractivity (Wildman–Crippen MR) is 62.6 cm³/mol. The first kappa shape index (κ1) is 11.1. The summed E-state index contributed by atoms with van der Waals surface area (Å²) in [7, 11) is 0. The molecule has 0 aliphatic rings. The maximum Gasteiger partial charge on any atom is 0.337 e. The zero-order valence-electron chi connectivity index (χ0n) is 9.10. The first-order valence-corrected chi connectivity index (χ1v) is 5.00. The number of carboxylic acids is 2. The van der Waals surface area contributed by atoms with Crippen LogP contribution in [-0.2, 0) is 0 Å². The summed E-state index contributed by atoms with van der Waals surface area (Å²) in [5.41, 5.74) is 0.653. The normalized spacial score (nSPS) is 10.4. The van der Waals surface area contributed by atoms with Gasteiger partial charge >= 0.3 is 11.9 Å². The van der Waals surface area contributed by atoms with Crippen molar-refractivity contribution in [2.75, 3.05) is 0 Å². The number of aromatic carboxylic acids is 2. The number of carbonyl (C=O) groups is 2. The molecule has 2 aromatic carbocycles. The van der Waals surface area contributed by atoms with Crippen LogP contribution in [-0.4, -0.2) is 22.2 Å². The van der Waals surface area contributed by atoms with Crippen LogP contribution in [0.25, 0.3) is 10.8 Å². The summed E-state index contributed by atoms with van der Waals surface area (Å²) >= 11 is 0. The van der Waals surface area contributed by atoms with Gasteiger partial charge in [0.1, 0.15) is 0 Å². The second-order valence-corrected chi connectivity index (χ2v) is 3.82. The van der Waals surface area contributed by atoms with E-state index in [9.17, 15) is 9.59 Å². The van der Waals surface area contributed by atoms with Crippen molar-refractivity contribution >= 4 is 22.7 Å². The lowest BCUT2D eigenvalue weighted by molar-refractivity contribution is 0.0653. The number of hydrogen-bond donors (Lipinski definition) is 2. The molecule has 0 aromatic heterocycles. The Labute approximate surface area is 97.1 Å². The van der Waals surface area contributed by atoms with Crippen LogP contribution in [0.5, 0.6) is 0 Å². The van der Waals surface area contributed by atoms with E-state index in [-0.39, 0.29) is 11.1 Å². The molecule has 0 atom stereocenters. The van der Waals surface area contributed by atoms with Crippen molar-refractivity contribution in [1.82, 2.24) is 0 Å². The topological polar surface area (TPSA) is 74.6 Å². The van der Waals surface area contributed by atoms with E-state index < -0.39 is 11.9 Å². The van der Waals surface area contributed by atoms with Crippen molar-refractivity contribution in [3.05, 3.63) is 47.0 Å². The molecule has 0 heterocycles. The highest BCUT2D eigenvalue weighted by atomic mass is 16.4. The van der Waals surface area contributed by atoms with Gasteiger partial charge in [-0.15, -0.1) is 0 Å². The molecule has 17 heavy (non-hydrogen) atoms. The van der Waals surface area contributed by atoms with Crippen molar-refractivity contribution < 1.29 is 19.8 Å². The second-order valence-electron chi connectivity index (χ2n) is 3.82. The fourth-order valence-electron chi connectivity index (χ4n) is 1.86. The van der Waals surface area contributed by atoms with Gasteiger partial charge in [-0.05, 0) is 23.8 Å². The van der Waals surface area contributed by atoms with E-state index in [1.165, 1.54) is 6.07 Å². The summed E-state index contributed by atoms with van der Waals surface area (Å²) < 4.78 is 0. The number of aryl methyl sites for hydroxylation is 1. The lowest BCUT2D eigenvalue weighted by atomic mass is 9.98. The van der Waals surface area contributed by atoms with Gasteiger partial charge in [-0.1, -0.05) is 29.8 Å². The molecule has 0 saturated heterocycles. The molecule has 2 rings (SSSR count). The Morgan fingerprint density at radius 3 is 2.29 bits per heavy atom. The van der Waals surface area contributed by atoms with Crippen LogP contribution in [0.15, 0.2) is 30.3 Å². The van der Waals surface area contributed by atoms with Crippen LogP contribution in [0.1, 0.15) is 26.3 Å². The van der Waals surface area contributed by atoms with Crippen LogP contribution >= 0.6 is 0 Å². The van der Waals surface area contributed by atoms with E-state index >= 15 is 0 Å². The number of fused-ring (bicyclic) bond motifs is 1. The summed E-state index contributed by atoms with van der Waals surface area (Å²) in [4.78, 5) is 22.1. The largest absolute Gasteiger partial charge is 0.478 e. The van der Waals surface area contributed by atoms with Gasteiger partial charge < -0.3 is 10.2 Å². The number of carboxylic acid groups (broad SMARTS) is 2. The molecule has 0 bridgehead atoms. The highest BCUT2D eigenvalue weighted by Crippen LogP contribution is 2.24. The van der Waals surface area contributed by atoms with Crippen LogP contribution in [0.3, 0.4) is 0 Å². The third kappa shape index (κ3) is 1.85. The van der Waals surface area contributed by atoms with Crippen molar-refractivity contribution in [2.45, 2.75) is 6.92 Å². The zero-order chi connectivity index (χ0) is 12.6. The van der Waals surface area contributed by atoms with E-state index in [1.807, 2.05) is 13.0 Å². The van der Waals surface area contributed by atoms with E-state index in [0.29, 0.717) is 5.39 Å². The molecule has 0 fully saturated rings. The number of hydrogen-bond acceptors (Lipinski definition) is 2. The minimum atomic E-state index is -1.23. The molecular weight excluding hydrogens is 220 g/mol. The third-order valence-corrected chi connectivity index (χ3v) is 2.62. The summed E-state index contributed by atoms with van der Waals surface area (Å²) in [6.07, 6.45) is 0. The minimum absolute atomic E-state index is 0.157. The Balaban J connectivity index is 2.89. The zero-order valence-corrected chi connectivity index (χ0v) is 9.10. The third-order valence-electron chi connectivity index (χ3n) is 2.62. The van der Waals surface area contributed by atoms with Crippen molar-refractivity contribution in [2.24, 2.45) is 0 Å². The average molecular weight is 230 g/mol. The number of benzene rings is 2. The maximum absolute atomic E-state index is 11.2. The molecule has 4 nitrogen and oxygen atoms in total. The lowest BCUT2D eigenvalue weighted by Gasteiger charge is -2.07. The van der Waals surface area contributed by atoms with Crippen LogP contribution < -0.4 is 0 Å². The first-order valence-electron chi connectivity index (χ1n) is 5.00. The van der Waals surface area contributed by atoms with Gasteiger partial charge in [0, 0.05) is 0 Å². The van der Waals surface area contributed by atoms with Crippen LogP contribution in [0, 0.1) is 6.92 Å². The molecule has 0 saturated carbocycles. The second kappa shape index (κ2) is 3.90. The lowest BCUT2D eigenvalue weighted by Crippen LogP contribution is -2.08. The molecule has 2 N–H and O–H groups in total. The molecule has 0 spiro atoms. The van der Waals surface area contributed by atoms with E-state index in [4.69, 9.17) is 10.2 Å². The molecule has 0 unspecified atom stereocenters. The van der Waals surface area contributed by atoms with E-state index in [0.717, 1.165) is 10.9 Å². The molecule has 0 aliphatic heterocycles. The first-order chi connectivity index (χ1) is 8.00. The summed E-state index contributed by atoms with van der Waals surface area (Å²) in [6.45, 7) is 1.89. The fourth-order valence-corrected chi connectivity index (χ4v) is 1.86. The smallest absolute Gasteiger partial charge is 0.337 e. The predicted octanol–water partition coefficient (Wildman–Crippen LogP) is 2.54. The molecule has 86 valence electrons. The minimum Gasteiger partial charge on any atom is -0.478 e. The Kier molecular flexibility index (Phi) is 2.55. The SMILES string of the molecule is Cc1ccc2c(C(=O)O)c(C(=O)O)ccc2c1. The Morgan fingerprint density at radius 2 is 1.71 bits per heavy atom. The Morgan fingerprint density at radius 1 is 1.00 bits per heavy atom.